The monoisotopic (exact) mass is 725 g/mol. The van der Waals surface area contributed by atoms with E-state index in [1.54, 1.807) is 0 Å². The van der Waals surface area contributed by atoms with Gasteiger partial charge in [0.15, 0.2) is 6.10 Å². The molecule has 0 rings (SSSR count). The molecule has 0 heterocycles. The highest BCUT2D eigenvalue weighted by Gasteiger charge is 2.25. The van der Waals surface area contributed by atoms with Gasteiger partial charge in [0.25, 0.3) is 0 Å². The topological polar surface area (TPSA) is 134 Å². The van der Waals surface area contributed by atoms with Gasteiger partial charge in [0.1, 0.15) is 6.61 Å². The van der Waals surface area contributed by atoms with Gasteiger partial charge in [-0.3, -0.25) is 18.6 Å². The Kier molecular flexibility index (Phi) is 35.3. The van der Waals surface area contributed by atoms with Crippen molar-refractivity contribution >= 4 is 19.8 Å². The molecule has 3 N–H and O–H groups in total. The molecular weight excluding hydrogens is 653 g/mol. The maximum absolute atomic E-state index is 12.5. The van der Waals surface area contributed by atoms with E-state index >= 15 is 0 Å². The van der Waals surface area contributed by atoms with Crippen LogP contribution in [0.2, 0.25) is 0 Å². The van der Waals surface area contributed by atoms with E-state index < -0.39 is 26.5 Å². The highest BCUT2D eigenvalue weighted by atomic mass is 31.2. The number of unbranched alkanes of at least 4 members (excludes halogenated alkanes) is 18. The Morgan fingerprint density at radius 1 is 0.620 bits per heavy atom. The summed E-state index contributed by atoms with van der Waals surface area (Å²) in [5, 5.41) is 0. The highest BCUT2D eigenvalue weighted by Crippen LogP contribution is 2.43. The summed E-state index contributed by atoms with van der Waals surface area (Å²) in [6.45, 7) is 3.55. The number of carbonyl (C=O) groups excluding carboxylic acids is 2. The fourth-order valence-electron chi connectivity index (χ4n) is 5.17. The van der Waals surface area contributed by atoms with Crippen molar-refractivity contribution in [3.8, 4) is 0 Å². The van der Waals surface area contributed by atoms with Gasteiger partial charge in [-0.2, -0.15) is 0 Å². The average Bonchev–Trinajstić information content (AvgIpc) is 3.10. The van der Waals surface area contributed by atoms with Gasteiger partial charge in [0.2, 0.25) is 0 Å². The van der Waals surface area contributed by atoms with Crippen molar-refractivity contribution < 1.29 is 37.6 Å². The molecule has 0 spiro atoms. The number of allylic oxidation sites excluding steroid dienone is 8. The normalized spacial score (nSPS) is 13.9. The molecule has 290 valence electrons. The van der Waals surface area contributed by atoms with Crippen LogP contribution in [0.1, 0.15) is 162 Å². The minimum atomic E-state index is -4.38. The Labute approximate surface area is 305 Å². The van der Waals surface area contributed by atoms with Crippen LogP contribution in [0.3, 0.4) is 0 Å². The molecule has 0 aromatic heterocycles. The van der Waals surface area contributed by atoms with Gasteiger partial charge >= 0.3 is 19.8 Å². The summed E-state index contributed by atoms with van der Waals surface area (Å²) in [6, 6.07) is 0. The molecule has 0 aliphatic heterocycles. The zero-order valence-corrected chi connectivity index (χ0v) is 32.5. The second kappa shape index (κ2) is 36.8. The summed E-state index contributed by atoms with van der Waals surface area (Å²) in [4.78, 5) is 34.7. The summed E-state index contributed by atoms with van der Waals surface area (Å²) >= 11 is 0. The standard InChI is InChI=1S/C40H72NO8P/c1-3-5-7-9-11-13-15-17-19-21-23-25-27-29-31-33-40(43)49-38(37-48-50(44,45)47-35-34-41)36-46-39(42)32-30-28-26-24-22-20-18-16-14-12-10-8-6-4-2/h5,7,9,11,13,15,17,19,38H,3-4,6,8,10,12,14,16,18,20-37,41H2,1-2H3,(H,44,45)/b7-5+,11-9+,15-13+,19-17+/t38-/m1/s1. The smallest absolute Gasteiger partial charge is 0.462 e. The number of nitrogens with two attached hydrogens (primary N) is 1. The van der Waals surface area contributed by atoms with Gasteiger partial charge in [-0.15, -0.1) is 0 Å². The summed E-state index contributed by atoms with van der Waals surface area (Å²) in [6.07, 6.45) is 39.9. The fourth-order valence-corrected chi connectivity index (χ4v) is 5.94. The number of phosphoric acid groups is 1. The van der Waals surface area contributed by atoms with Crippen LogP contribution >= 0.6 is 7.82 Å². The van der Waals surface area contributed by atoms with Crippen molar-refractivity contribution in [1.82, 2.24) is 0 Å². The molecule has 0 aromatic carbocycles. The molecule has 0 aromatic rings. The molecular formula is C40H72NO8P. The molecule has 10 heteroatoms. The van der Waals surface area contributed by atoms with Crippen LogP contribution < -0.4 is 5.73 Å². The van der Waals surface area contributed by atoms with Crippen molar-refractivity contribution in [2.75, 3.05) is 26.4 Å². The summed E-state index contributed by atoms with van der Waals surface area (Å²) in [7, 11) is -4.38. The quantitative estimate of drug-likeness (QED) is 0.0280. The van der Waals surface area contributed by atoms with Crippen LogP contribution in [0.25, 0.3) is 0 Å². The second-order valence-corrected chi connectivity index (χ2v) is 14.3. The van der Waals surface area contributed by atoms with Gasteiger partial charge in [-0.1, -0.05) is 165 Å². The third-order valence-electron chi connectivity index (χ3n) is 8.07. The van der Waals surface area contributed by atoms with Crippen LogP contribution in [0.15, 0.2) is 48.6 Å². The maximum Gasteiger partial charge on any atom is 0.472 e. The third kappa shape index (κ3) is 35.8. The van der Waals surface area contributed by atoms with Crippen molar-refractivity contribution in [3.05, 3.63) is 48.6 Å². The predicted molar refractivity (Wildman–Crippen MR) is 206 cm³/mol. The molecule has 0 aliphatic carbocycles. The van der Waals surface area contributed by atoms with E-state index in [2.05, 4.69) is 32.1 Å². The predicted octanol–water partition coefficient (Wildman–Crippen LogP) is 10.8. The first-order valence-corrected chi connectivity index (χ1v) is 21.2. The summed E-state index contributed by atoms with van der Waals surface area (Å²) in [5.41, 5.74) is 5.33. The summed E-state index contributed by atoms with van der Waals surface area (Å²) < 4.78 is 32.7. The fraction of sp³-hybridized carbons (Fsp3) is 0.750. The maximum atomic E-state index is 12.5. The minimum Gasteiger partial charge on any atom is -0.462 e. The Hall–Kier alpha value is -2.03. The molecule has 0 radical (unpaired) electrons. The average molecular weight is 726 g/mol. The van der Waals surface area contributed by atoms with Crippen molar-refractivity contribution in [1.29, 1.82) is 0 Å². The van der Waals surface area contributed by atoms with Crippen molar-refractivity contribution in [2.24, 2.45) is 5.73 Å². The van der Waals surface area contributed by atoms with Gasteiger partial charge < -0.3 is 20.1 Å². The SMILES string of the molecule is CC/C=C/C=C/C=C/C=C/CCCCCCCC(=O)O[C@H](COC(=O)CCCCCCCCCCCCCCCC)COP(=O)(O)OCCN. The number of hydrogen-bond donors (Lipinski definition) is 2. The lowest BCUT2D eigenvalue weighted by Crippen LogP contribution is -2.29. The number of esters is 2. The van der Waals surface area contributed by atoms with Crippen LogP contribution in [0.4, 0.5) is 0 Å². The summed E-state index contributed by atoms with van der Waals surface area (Å²) in [5.74, 6) is -0.856. The van der Waals surface area contributed by atoms with Gasteiger partial charge in [-0.25, -0.2) is 4.57 Å². The first kappa shape index (κ1) is 48.0. The van der Waals surface area contributed by atoms with E-state index in [1.165, 1.54) is 70.6 Å². The van der Waals surface area contributed by atoms with E-state index in [9.17, 15) is 19.0 Å². The lowest BCUT2D eigenvalue weighted by molar-refractivity contribution is -0.161. The molecule has 0 bridgehead atoms. The van der Waals surface area contributed by atoms with Crippen LogP contribution in [0.5, 0.6) is 0 Å². The molecule has 0 amide bonds. The number of ether oxygens (including phenoxy) is 2. The number of hydrogen-bond acceptors (Lipinski definition) is 8. The second-order valence-electron chi connectivity index (χ2n) is 12.9. The Bertz CT molecular complexity index is 965. The first-order chi connectivity index (χ1) is 24.3. The molecule has 0 fully saturated rings. The number of phosphoric ester groups is 1. The van der Waals surface area contributed by atoms with Gasteiger partial charge in [-0.05, 0) is 32.1 Å². The zero-order chi connectivity index (χ0) is 36.8. The zero-order valence-electron chi connectivity index (χ0n) is 31.6. The van der Waals surface area contributed by atoms with Crippen LogP contribution in [-0.4, -0.2) is 49.3 Å². The molecule has 0 saturated heterocycles. The lowest BCUT2D eigenvalue weighted by atomic mass is 10.0. The molecule has 1 unspecified atom stereocenters. The Balaban J connectivity index is 4.25. The molecule has 50 heavy (non-hydrogen) atoms. The molecule has 0 saturated carbocycles. The van der Waals surface area contributed by atoms with E-state index in [0.29, 0.717) is 6.42 Å². The largest absolute Gasteiger partial charge is 0.472 e. The number of carbonyl (C=O) groups is 2. The van der Waals surface area contributed by atoms with Crippen molar-refractivity contribution in [3.63, 3.8) is 0 Å². The van der Waals surface area contributed by atoms with Crippen LogP contribution in [-0.2, 0) is 32.7 Å². The van der Waals surface area contributed by atoms with Gasteiger partial charge in [0.05, 0.1) is 13.2 Å². The first-order valence-electron chi connectivity index (χ1n) is 19.7. The van der Waals surface area contributed by atoms with Crippen molar-refractivity contribution in [2.45, 2.75) is 168 Å². The highest BCUT2D eigenvalue weighted by molar-refractivity contribution is 7.47. The van der Waals surface area contributed by atoms with Crippen LogP contribution in [0, 0.1) is 0 Å². The molecule has 0 aliphatic rings. The molecule has 2 atom stereocenters. The Morgan fingerprint density at radius 3 is 1.64 bits per heavy atom. The Morgan fingerprint density at radius 2 is 1.10 bits per heavy atom. The third-order valence-corrected chi connectivity index (χ3v) is 9.06. The molecule has 9 nitrogen and oxygen atoms in total. The van der Waals surface area contributed by atoms with E-state index in [1.807, 2.05) is 30.4 Å². The van der Waals surface area contributed by atoms with Gasteiger partial charge in [0, 0.05) is 19.4 Å². The minimum absolute atomic E-state index is 0.0481. The van der Waals surface area contributed by atoms with E-state index in [4.69, 9.17) is 24.3 Å². The van der Waals surface area contributed by atoms with E-state index in [-0.39, 0.29) is 38.6 Å². The van der Waals surface area contributed by atoms with E-state index in [0.717, 1.165) is 57.8 Å². The number of rotatable bonds is 36. The lowest BCUT2D eigenvalue weighted by Gasteiger charge is -2.19.